The van der Waals surface area contributed by atoms with Gasteiger partial charge in [-0.3, -0.25) is 0 Å². The Labute approximate surface area is 112 Å². The molecule has 0 bridgehead atoms. The highest BCUT2D eigenvalue weighted by molar-refractivity contribution is 6.16. The fraction of sp³-hybridized carbons (Fsp3) is 0.500. The van der Waals surface area contributed by atoms with Gasteiger partial charge in [-0.2, -0.15) is 0 Å². The topological polar surface area (TPSA) is 17.8 Å². The van der Waals surface area contributed by atoms with Gasteiger partial charge in [0.25, 0.3) is 0 Å². The Morgan fingerprint density at radius 3 is 2.89 bits per heavy atom. The lowest BCUT2D eigenvalue weighted by Crippen LogP contribution is -2.08. The van der Waals surface area contributed by atoms with Crippen LogP contribution in [0, 0.1) is 5.82 Å². The second-order valence-electron chi connectivity index (χ2n) is 4.63. The third-order valence-electron chi connectivity index (χ3n) is 3.28. The number of nitrogens with zero attached hydrogens (tertiary/aromatic N) is 2. The number of halogens is 2. The smallest absolute Gasteiger partial charge is 0.151 e. The molecule has 1 unspecified atom stereocenters. The number of unbranched alkanes of at least 4 members (excludes halogenated alkanes) is 1. The number of imidazole rings is 1. The van der Waals surface area contributed by atoms with Crippen LogP contribution in [0.2, 0.25) is 0 Å². The molecule has 18 heavy (non-hydrogen) atoms. The highest BCUT2D eigenvalue weighted by atomic mass is 35.5. The van der Waals surface area contributed by atoms with Crippen LogP contribution in [-0.2, 0) is 5.88 Å². The van der Waals surface area contributed by atoms with Gasteiger partial charge in [0.05, 0.1) is 11.4 Å². The highest BCUT2D eigenvalue weighted by Crippen LogP contribution is 2.26. The molecule has 1 heterocycles. The zero-order valence-electron chi connectivity index (χ0n) is 10.8. The molecule has 1 aromatic carbocycles. The summed E-state index contributed by atoms with van der Waals surface area (Å²) in [5.74, 6) is 0.783. The van der Waals surface area contributed by atoms with E-state index in [1.807, 2.05) is 6.07 Å². The molecule has 98 valence electrons. The number of hydrogen-bond donors (Lipinski definition) is 0. The zero-order valence-corrected chi connectivity index (χ0v) is 11.5. The number of rotatable bonds is 5. The zero-order chi connectivity index (χ0) is 13.1. The van der Waals surface area contributed by atoms with E-state index in [1.165, 1.54) is 6.07 Å². The van der Waals surface area contributed by atoms with Crippen molar-refractivity contribution in [1.29, 1.82) is 0 Å². The van der Waals surface area contributed by atoms with Crippen molar-refractivity contribution in [1.82, 2.24) is 9.55 Å². The van der Waals surface area contributed by atoms with Gasteiger partial charge in [-0.25, -0.2) is 9.37 Å². The standard InChI is InChI=1S/C14H18ClFN2/c1-3-4-6-10(2)18-12-8-5-7-11(16)14(12)17-13(18)9-15/h5,7-8,10H,3-4,6,9H2,1-2H3. The van der Waals surface area contributed by atoms with Gasteiger partial charge >= 0.3 is 0 Å². The summed E-state index contributed by atoms with van der Waals surface area (Å²) in [6, 6.07) is 5.36. The molecule has 1 aromatic heterocycles. The van der Waals surface area contributed by atoms with Crippen LogP contribution in [0.25, 0.3) is 11.0 Å². The lowest BCUT2D eigenvalue weighted by Gasteiger charge is -2.16. The number of aromatic nitrogens is 2. The molecule has 0 saturated heterocycles. The van der Waals surface area contributed by atoms with Crippen molar-refractivity contribution in [3.63, 3.8) is 0 Å². The van der Waals surface area contributed by atoms with Crippen LogP contribution in [-0.4, -0.2) is 9.55 Å². The molecule has 4 heteroatoms. The van der Waals surface area contributed by atoms with E-state index in [1.54, 1.807) is 6.07 Å². The molecule has 2 nitrogen and oxygen atoms in total. The monoisotopic (exact) mass is 268 g/mol. The van der Waals surface area contributed by atoms with Crippen LogP contribution in [0.5, 0.6) is 0 Å². The maximum atomic E-state index is 13.7. The third-order valence-corrected chi connectivity index (χ3v) is 3.52. The summed E-state index contributed by atoms with van der Waals surface area (Å²) in [6.07, 6.45) is 3.36. The Hall–Kier alpha value is -1.09. The molecule has 0 N–H and O–H groups in total. The first kappa shape index (κ1) is 13.3. The largest absolute Gasteiger partial charge is 0.324 e. The van der Waals surface area contributed by atoms with Crippen LogP contribution in [0.1, 0.15) is 45.0 Å². The number of hydrogen-bond acceptors (Lipinski definition) is 1. The normalized spacial score (nSPS) is 13.1. The number of fused-ring (bicyclic) bond motifs is 1. The van der Waals surface area contributed by atoms with Gasteiger partial charge in [0.2, 0.25) is 0 Å². The van der Waals surface area contributed by atoms with Gasteiger partial charge in [-0.1, -0.05) is 25.8 Å². The van der Waals surface area contributed by atoms with Crippen molar-refractivity contribution in [3.05, 3.63) is 29.8 Å². The molecular formula is C14H18ClFN2. The molecular weight excluding hydrogens is 251 g/mol. The molecule has 0 spiro atoms. The van der Waals surface area contributed by atoms with Gasteiger partial charge in [-0.15, -0.1) is 11.6 Å². The van der Waals surface area contributed by atoms with E-state index in [-0.39, 0.29) is 5.82 Å². The average Bonchev–Trinajstić information content (AvgIpc) is 2.76. The Morgan fingerprint density at radius 1 is 1.44 bits per heavy atom. The minimum absolute atomic E-state index is 0.277. The SMILES string of the molecule is CCCCC(C)n1c(CCl)nc2c(F)cccc21. The maximum absolute atomic E-state index is 13.7. The molecule has 2 aromatic rings. The lowest BCUT2D eigenvalue weighted by molar-refractivity contribution is 0.485. The number of para-hydroxylation sites is 1. The first-order valence-corrected chi connectivity index (χ1v) is 6.93. The van der Waals surface area contributed by atoms with Gasteiger partial charge in [0.15, 0.2) is 5.82 Å². The van der Waals surface area contributed by atoms with E-state index in [0.717, 1.165) is 30.6 Å². The van der Waals surface area contributed by atoms with Crippen molar-refractivity contribution < 1.29 is 4.39 Å². The second-order valence-corrected chi connectivity index (χ2v) is 4.90. The molecule has 2 rings (SSSR count). The summed E-state index contributed by atoms with van der Waals surface area (Å²) < 4.78 is 15.8. The highest BCUT2D eigenvalue weighted by Gasteiger charge is 2.16. The van der Waals surface area contributed by atoms with Crippen LogP contribution >= 0.6 is 11.6 Å². The summed E-state index contributed by atoms with van der Waals surface area (Å²) in [5, 5.41) is 0. The van der Waals surface area contributed by atoms with Crippen molar-refractivity contribution in [2.24, 2.45) is 0 Å². The molecule has 1 atom stereocenters. The van der Waals surface area contributed by atoms with Crippen LogP contribution in [0.15, 0.2) is 18.2 Å². The molecule has 0 radical (unpaired) electrons. The fourth-order valence-corrected chi connectivity index (χ4v) is 2.53. The maximum Gasteiger partial charge on any atom is 0.151 e. The summed E-state index contributed by atoms with van der Waals surface area (Å²) >= 11 is 5.93. The summed E-state index contributed by atoms with van der Waals surface area (Å²) in [7, 11) is 0. The summed E-state index contributed by atoms with van der Waals surface area (Å²) in [6.45, 7) is 4.30. The van der Waals surface area contributed by atoms with Gasteiger partial charge in [-0.05, 0) is 25.5 Å². The molecule has 0 aliphatic rings. The van der Waals surface area contributed by atoms with E-state index in [2.05, 4.69) is 23.4 Å². The Kier molecular flexibility index (Phi) is 4.23. The second kappa shape index (κ2) is 5.70. The Balaban J connectivity index is 2.50. The molecule has 0 aliphatic heterocycles. The number of benzene rings is 1. The Bertz CT molecular complexity index is 536. The van der Waals surface area contributed by atoms with E-state index in [9.17, 15) is 4.39 Å². The third kappa shape index (κ3) is 2.37. The lowest BCUT2D eigenvalue weighted by atomic mass is 10.1. The van der Waals surface area contributed by atoms with Gasteiger partial charge < -0.3 is 4.57 Å². The van der Waals surface area contributed by atoms with E-state index >= 15 is 0 Å². The minimum atomic E-state index is -0.277. The first-order chi connectivity index (χ1) is 8.69. The van der Waals surface area contributed by atoms with Crippen LogP contribution < -0.4 is 0 Å². The van der Waals surface area contributed by atoms with Crippen molar-refractivity contribution in [2.75, 3.05) is 0 Å². The van der Waals surface area contributed by atoms with Crippen LogP contribution in [0.3, 0.4) is 0 Å². The van der Waals surface area contributed by atoms with Gasteiger partial charge in [0, 0.05) is 6.04 Å². The molecule has 0 saturated carbocycles. The van der Waals surface area contributed by atoms with E-state index in [0.29, 0.717) is 17.4 Å². The van der Waals surface area contributed by atoms with Gasteiger partial charge in [0.1, 0.15) is 11.3 Å². The molecule has 0 amide bonds. The Morgan fingerprint density at radius 2 is 2.22 bits per heavy atom. The predicted molar refractivity (Wildman–Crippen MR) is 73.5 cm³/mol. The average molecular weight is 269 g/mol. The van der Waals surface area contributed by atoms with Crippen molar-refractivity contribution in [2.45, 2.75) is 45.0 Å². The van der Waals surface area contributed by atoms with Crippen molar-refractivity contribution in [3.8, 4) is 0 Å². The minimum Gasteiger partial charge on any atom is -0.324 e. The van der Waals surface area contributed by atoms with Crippen LogP contribution in [0.4, 0.5) is 4.39 Å². The van der Waals surface area contributed by atoms with Crippen molar-refractivity contribution >= 4 is 22.6 Å². The van der Waals surface area contributed by atoms with E-state index < -0.39 is 0 Å². The number of alkyl halides is 1. The predicted octanol–water partition coefficient (Wildman–Crippen LogP) is 4.67. The van der Waals surface area contributed by atoms with E-state index in [4.69, 9.17) is 11.6 Å². The summed E-state index contributed by atoms with van der Waals surface area (Å²) in [4.78, 5) is 4.32. The quantitative estimate of drug-likeness (QED) is 0.721. The first-order valence-electron chi connectivity index (χ1n) is 6.40. The molecule has 0 aliphatic carbocycles. The fourth-order valence-electron chi connectivity index (χ4n) is 2.35. The summed E-state index contributed by atoms with van der Waals surface area (Å²) in [5.41, 5.74) is 1.27. The molecule has 0 fully saturated rings.